The lowest BCUT2D eigenvalue weighted by Crippen LogP contribution is -2.23. The molecule has 0 spiro atoms. The molecule has 0 aliphatic heterocycles. The molecule has 0 saturated heterocycles. The zero-order valence-corrected chi connectivity index (χ0v) is 17.5. The maximum absolute atomic E-state index is 12.8. The summed E-state index contributed by atoms with van der Waals surface area (Å²) in [5, 5.41) is 12.1. The molecule has 3 aromatic rings. The number of thioether (sulfide) groups is 1. The van der Waals surface area contributed by atoms with E-state index >= 15 is 0 Å². The lowest BCUT2D eigenvalue weighted by atomic mass is 9.97. The summed E-state index contributed by atoms with van der Waals surface area (Å²) < 4.78 is 1.93. The zero-order valence-electron chi connectivity index (χ0n) is 16.7. The molecule has 0 saturated carbocycles. The Morgan fingerprint density at radius 2 is 1.75 bits per heavy atom. The van der Waals surface area contributed by atoms with Crippen LogP contribution in [0.5, 0.6) is 0 Å². The smallest absolute Gasteiger partial charge is 0.237 e. The third-order valence-corrected chi connectivity index (χ3v) is 6.01. The van der Waals surface area contributed by atoms with E-state index in [1.165, 1.54) is 17.3 Å². The van der Waals surface area contributed by atoms with Crippen molar-refractivity contribution in [1.82, 2.24) is 14.8 Å². The van der Waals surface area contributed by atoms with Gasteiger partial charge in [0.1, 0.15) is 0 Å². The molecular formula is C22H26N4OS. The maximum Gasteiger partial charge on any atom is 0.237 e. The maximum atomic E-state index is 12.8. The quantitative estimate of drug-likeness (QED) is 0.565. The molecule has 6 heteroatoms. The fourth-order valence-corrected chi connectivity index (χ4v) is 3.78. The molecule has 146 valence electrons. The predicted molar refractivity (Wildman–Crippen MR) is 116 cm³/mol. The van der Waals surface area contributed by atoms with Gasteiger partial charge in [-0.25, -0.2) is 0 Å². The van der Waals surface area contributed by atoms with Crippen molar-refractivity contribution >= 4 is 23.4 Å². The molecule has 3 rings (SSSR count). The monoisotopic (exact) mass is 394 g/mol. The van der Waals surface area contributed by atoms with Crippen LogP contribution in [-0.2, 0) is 11.8 Å². The van der Waals surface area contributed by atoms with Crippen LogP contribution in [0.1, 0.15) is 38.7 Å². The summed E-state index contributed by atoms with van der Waals surface area (Å²) in [5.74, 6) is 1.15. The standard InChI is InChI=1S/C22H26N4OS/c1-5-15(2)18-13-9-10-14-19(18)23-21(27)16(3)28-22-25-24-20(26(22)4)17-11-7-6-8-12-17/h6-16H,5H2,1-4H3,(H,23,27)/t15-,16+/m0/s1. The number of rotatable bonds is 7. The van der Waals surface area contributed by atoms with Crippen molar-refractivity contribution in [1.29, 1.82) is 0 Å². The van der Waals surface area contributed by atoms with Crippen molar-refractivity contribution in [3.05, 3.63) is 60.2 Å². The third-order valence-electron chi connectivity index (χ3n) is 4.88. The number of hydrogen-bond acceptors (Lipinski definition) is 4. The molecule has 0 fully saturated rings. The summed E-state index contributed by atoms with van der Waals surface area (Å²) in [6.45, 7) is 6.22. The molecule has 1 N–H and O–H groups in total. The SMILES string of the molecule is CC[C@H](C)c1ccccc1NC(=O)[C@@H](C)Sc1nnc(-c2ccccc2)n1C. The van der Waals surface area contributed by atoms with Crippen LogP contribution in [-0.4, -0.2) is 25.9 Å². The minimum atomic E-state index is -0.295. The average molecular weight is 395 g/mol. The summed E-state index contributed by atoms with van der Waals surface area (Å²) in [6.07, 6.45) is 1.03. The number of carbonyl (C=O) groups is 1. The van der Waals surface area contributed by atoms with Gasteiger partial charge in [-0.05, 0) is 30.9 Å². The fraction of sp³-hybridized carbons (Fsp3) is 0.318. The van der Waals surface area contributed by atoms with Crippen LogP contribution in [0.4, 0.5) is 5.69 Å². The van der Waals surface area contributed by atoms with Crippen molar-refractivity contribution in [2.45, 2.75) is 43.5 Å². The normalized spacial score (nSPS) is 13.1. The van der Waals surface area contributed by atoms with E-state index in [-0.39, 0.29) is 11.2 Å². The molecule has 0 unspecified atom stereocenters. The number of para-hydroxylation sites is 1. The number of amides is 1. The number of benzene rings is 2. The second kappa shape index (κ2) is 9.06. The van der Waals surface area contributed by atoms with Crippen LogP contribution >= 0.6 is 11.8 Å². The van der Waals surface area contributed by atoms with Crippen LogP contribution in [0.2, 0.25) is 0 Å². The molecule has 2 atom stereocenters. The number of nitrogens with one attached hydrogen (secondary N) is 1. The Labute approximate surface area is 170 Å². The third kappa shape index (κ3) is 4.44. The fourth-order valence-electron chi connectivity index (χ4n) is 2.96. The first-order valence-electron chi connectivity index (χ1n) is 9.52. The van der Waals surface area contributed by atoms with Gasteiger partial charge in [-0.2, -0.15) is 0 Å². The second-order valence-electron chi connectivity index (χ2n) is 6.88. The highest BCUT2D eigenvalue weighted by atomic mass is 32.2. The highest BCUT2D eigenvalue weighted by Crippen LogP contribution is 2.29. The summed E-state index contributed by atoms with van der Waals surface area (Å²) in [7, 11) is 1.92. The van der Waals surface area contributed by atoms with Gasteiger partial charge >= 0.3 is 0 Å². The van der Waals surface area contributed by atoms with Crippen LogP contribution in [0, 0.1) is 0 Å². The largest absolute Gasteiger partial charge is 0.325 e. The van der Waals surface area contributed by atoms with Gasteiger partial charge in [0.05, 0.1) is 5.25 Å². The van der Waals surface area contributed by atoms with Gasteiger partial charge in [-0.3, -0.25) is 4.79 Å². The van der Waals surface area contributed by atoms with Gasteiger partial charge in [0.15, 0.2) is 11.0 Å². The van der Waals surface area contributed by atoms with E-state index < -0.39 is 0 Å². The van der Waals surface area contributed by atoms with Gasteiger partial charge in [0, 0.05) is 18.3 Å². The molecule has 0 aliphatic carbocycles. The second-order valence-corrected chi connectivity index (χ2v) is 8.19. The Kier molecular flexibility index (Phi) is 6.52. The molecule has 2 aromatic carbocycles. The molecule has 5 nitrogen and oxygen atoms in total. The molecule has 1 heterocycles. The highest BCUT2D eigenvalue weighted by Gasteiger charge is 2.20. The lowest BCUT2D eigenvalue weighted by Gasteiger charge is -2.17. The van der Waals surface area contributed by atoms with E-state index in [9.17, 15) is 4.79 Å². The van der Waals surface area contributed by atoms with Gasteiger partial charge in [-0.1, -0.05) is 74.1 Å². The zero-order chi connectivity index (χ0) is 20.1. The molecule has 1 aromatic heterocycles. The first-order chi connectivity index (χ1) is 13.5. The Morgan fingerprint density at radius 3 is 2.46 bits per heavy atom. The van der Waals surface area contributed by atoms with Gasteiger partial charge in [0.25, 0.3) is 0 Å². The number of aromatic nitrogens is 3. The van der Waals surface area contributed by atoms with Crippen LogP contribution in [0.15, 0.2) is 59.8 Å². The number of hydrogen-bond donors (Lipinski definition) is 1. The van der Waals surface area contributed by atoms with Crippen molar-refractivity contribution < 1.29 is 4.79 Å². The minimum Gasteiger partial charge on any atom is -0.325 e. The number of carbonyl (C=O) groups excluding carboxylic acids is 1. The summed E-state index contributed by atoms with van der Waals surface area (Å²) >= 11 is 1.41. The van der Waals surface area contributed by atoms with Gasteiger partial charge in [0.2, 0.25) is 5.91 Å². The Balaban J connectivity index is 1.72. The average Bonchev–Trinajstić information content (AvgIpc) is 3.08. The van der Waals surface area contributed by atoms with Crippen molar-refractivity contribution in [3.8, 4) is 11.4 Å². The summed E-state index contributed by atoms with van der Waals surface area (Å²) in [5.41, 5.74) is 3.06. The molecule has 0 aliphatic rings. The summed E-state index contributed by atoms with van der Waals surface area (Å²) in [4.78, 5) is 12.8. The molecule has 0 radical (unpaired) electrons. The van der Waals surface area contributed by atoms with Crippen LogP contribution in [0.25, 0.3) is 11.4 Å². The van der Waals surface area contributed by atoms with E-state index in [0.717, 1.165) is 28.7 Å². The van der Waals surface area contributed by atoms with Crippen molar-refractivity contribution in [2.75, 3.05) is 5.32 Å². The Hall–Kier alpha value is -2.60. The van der Waals surface area contributed by atoms with E-state index in [1.54, 1.807) is 0 Å². The van der Waals surface area contributed by atoms with Crippen molar-refractivity contribution in [3.63, 3.8) is 0 Å². The van der Waals surface area contributed by atoms with E-state index in [2.05, 4.69) is 35.4 Å². The Morgan fingerprint density at radius 1 is 1.07 bits per heavy atom. The van der Waals surface area contributed by atoms with Crippen molar-refractivity contribution in [2.24, 2.45) is 7.05 Å². The topological polar surface area (TPSA) is 59.8 Å². The Bertz CT molecular complexity index is 939. The summed E-state index contributed by atoms with van der Waals surface area (Å²) in [6, 6.07) is 17.9. The molecular weight excluding hydrogens is 368 g/mol. The van der Waals surface area contributed by atoms with Gasteiger partial charge < -0.3 is 9.88 Å². The molecule has 28 heavy (non-hydrogen) atoms. The van der Waals surface area contributed by atoms with Gasteiger partial charge in [-0.15, -0.1) is 10.2 Å². The van der Waals surface area contributed by atoms with E-state index in [1.807, 2.05) is 67.1 Å². The highest BCUT2D eigenvalue weighted by molar-refractivity contribution is 8.00. The van der Waals surface area contributed by atoms with E-state index in [4.69, 9.17) is 0 Å². The first kappa shape index (κ1) is 20.1. The van der Waals surface area contributed by atoms with E-state index in [0.29, 0.717) is 5.92 Å². The molecule has 1 amide bonds. The molecule has 0 bridgehead atoms. The first-order valence-corrected chi connectivity index (χ1v) is 10.4. The van der Waals surface area contributed by atoms with Crippen LogP contribution < -0.4 is 5.32 Å². The number of anilines is 1. The predicted octanol–water partition coefficient (Wildman–Crippen LogP) is 5.11. The minimum absolute atomic E-state index is 0.0370. The van der Waals surface area contributed by atoms with Crippen LogP contribution in [0.3, 0.4) is 0 Å². The lowest BCUT2D eigenvalue weighted by molar-refractivity contribution is -0.115. The number of nitrogens with zero attached hydrogens (tertiary/aromatic N) is 3.